The average Bonchev–Trinajstić information content (AvgIpc) is 2.53. The van der Waals surface area contributed by atoms with Gasteiger partial charge in [-0.2, -0.15) is 0 Å². The van der Waals surface area contributed by atoms with Crippen molar-refractivity contribution in [3.05, 3.63) is 23.3 Å². The van der Waals surface area contributed by atoms with Crippen molar-refractivity contribution >= 4 is 15.4 Å². The smallest absolute Gasteiger partial charge is 0.396 e. The summed E-state index contributed by atoms with van der Waals surface area (Å²) in [4.78, 5) is 0. The topological polar surface area (TPSA) is 112 Å². The fraction of sp³-hybridized carbons (Fsp3) is 0.692. The predicted molar refractivity (Wildman–Crippen MR) is 84.7 cm³/mol. The molecule has 0 amide bonds. The molecule has 134 valence electrons. The van der Waals surface area contributed by atoms with E-state index < -0.39 is 15.4 Å². The van der Waals surface area contributed by atoms with Crippen LogP contribution in [-0.2, 0) is 28.4 Å². The Labute approximate surface area is 137 Å². The van der Waals surface area contributed by atoms with Gasteiger partial charge in [0.25, 0.3) is 8.15 Å². The first-order chi connectivity index (χ1) is 11.0. The lowest BCUT2D eigenvalue weighted by Crippen LogP contribution is -1.94. The minimum atomic E-state index is -4.00. The maximum absolute atomic E-state index is 11.6. The van der Waals surface area contributed by atoms with Gasteiger partial charge in [-0.25, -0.2) is 9.82 Å². The Hall–Kier alpha value is -0.430. The summed E-state index contributed by atoms with van der Waals surface area (Å²) in [5.74, 6) is 0. The molecular weight excluding hydrogens is 346 g/mol. The zero-order valence-electron chi connectivity index (χ0n) is 13.3. The Morgan fingerprint density at radius 3 is 2.48 bits per heavy atom. The van der Waals surface area contributed by atoms with Gasteiger partial charge in [-0.15, -0.1) is 4.67 Å². The third-order valence-corrected chi connectivity index (χ3v) is 5.01. The number of rotatable bonds is 14. The molecule has 1 unspecified atom stereocenters. The number of aliphatic hydroxyl groups excluding tert-OH is 1. The van der Waals surface area contributed by atoms with Crippen LogP contribution in [0, 0.1) is 0 Å². The van der Waals surface area contributed by atoms with Crippen LogP contribution >= 0.6 is 15.4 Å². The Morgan fingerprint density at radius 2 is 1.87 bits per heavy atom. The van der Waals surface area contributed by atoms with Crippen LogP contribution in [0.25, 0.3) is 0 Å². The normalized spacial score (nSPS) is 15.8. The average molecular weight is 370 g/mol. The molecule has 0 aliphatic rings. The van der Waals surface area contributed by atoms with Crippen molar-refractivity contribution in [3.63, 3.8) is 0 Å². The molecule has 0 saturated heterocycles. The zero-order valence-corrected chi connectivity index (χ0v) is 15.1. The Morgan fingerprint density at radius 1 is 1.17 bits per heavy atom. The van der Waals surface area contributed by atoms with Gasteiger partial charge in [0.2, 0.25) is 0 Å². The van der Waals surface area contributed by atoms with Crippen LogP contribution < -0.4 is 0 Å². The summed E-state index contributed by atoms with van der Waals surface area (Å²) >= 11 is 0. The molecule has 0 fully saturated rings. The van der Waals surface area contributed by atoms with E-state index in [2.05, 4.69) is 27.8 Å². The van der Waals surface area contributed by atoms with Crippen molar-refractivity contribution in [2.24, 2.45) is 0 Å². The van der Waals surface area contributed by atoms with E-state index in [1.165, 1.54) is 5.57 Å². The zero-order chi connectivity index (χ0) is 17.6. The quantitative estimate of drug-likeness (QED) is 0.150. The molecule has 0 bridgehead atoms. The van der Waals surface area contributed by atoms with E-state index in [1.807, 2.05) is 6.92 Å². The minimum absolute atomic E-state index is 0.0770. The summed E-state index contributed by atoms with van der Waals surface area (Å²) in [5.41, 5.74) is 2.30. The van der Waals surface area contributed by atoms with Gasteiger partial charge in [0, 0.05) is 6.61 Å². The first kappa shape index (κ1) is 22.6. The number of hydrogen-bond donors (Lipinski definition) is 2. The monoisotopic (exact) mass is 370 g/mol. The minimum Gasteiger partial charge on any atom is -0.396 e. The highest BCUT2D eigenvalue weighted by atomic mass is 32.1. The third kappa shape index (κ3) is 12.6. The highest BCUT2D eigenvalue weighted by molar-refractivity contribution is 8.14. The second kappa shape index (κ2) is 14.0. The van der Waals surface area contributed by atoms with Crippen molar-refractivity contribution in [1.82, 2.24) is 0 Å². The number of allylic oxidation sites excluding steroid dienone is 3. The van der Waals surface area contributed by atoms with Gasteiger partial charge in [-0.05, 0) is 56.0 Å². The van der Waals surface area contributed by atoms with Crippen molar-refractivity contribution in [3.8, 4) is 0 Å². The molecular formula is C13H24O8P2. The van der Waals surface area contributed by atoms with Gasteiger partial charge in [0.05, 0.1) is 6.61 Å². The highest BCUT2D eigenvalue weighted by Gasteiger charge is 2.27. The molecule has 0 heterocycles. The molecule has 0 rings (SSSR count). The summed E-state index contributed by atoms with van der Waals surface area (Å²) in [7, 11) is -4.91. The van der Waals surface area contributed by atoms with Gasteiger partial charge in [0.15, 0.2) is 0 Å². The molecule has 0 saturated carbocycles. The fourth-order valence-corrected chi connectivity index (χ4v) is 2.64. The fourth-order valence-electron chi connectivity index (χ4n) is 1.65. The molecule has 23 heavy (non-hydrogen) atoms. The highest BCUT2D eigenvalue weighted by Crippen LogP contribution is 2.60. The van der Waals surface area contributed by atoms with Gasteiger partial charge in [0.1, 0.15) is 0 Å². The molecule has 1 atom stereocenters. The van der Waals surface area contributed by atoms with Crippen LogP contribution in [0.1, 0.15) is 46.0 Å². The number of aliphatic hydroxyl groups is 1. The maximum atomic E-state index is 11.6. The second-order valence-electron chi connectivity index (χ2n) is 4.88. The van der Waals surface area contributed by atoms with E-state index in [4.69, 9.17) is 14.9 Å². The molecule has 0 aromatic carbocycles. The van der Waals surface area contributed by atoms with E-state index in [9.17, 15) is 9.13 Å². The molecule has 0 aliphatic heterocycles. The van der Waals surface area contributed by atoms with Gasteiger partial charge in [-0.1, -0.05) is 23.3 Å². The molecule has 0 aromatic rings. The molecule has 10 heteroatoms. The van der Waals surface area contributed by atoms with Crippen molar-refractivity contribution in [1.29, 1.82) is 0 Å². The largest absolute Gasteiger partial charge is 0.449 e. The molecule has 8 nitrogen and oxygen atoms in total. The SMILES string of the molecule is C/C(=C\COP(=O)(OOOO)P=O)CC/C=C(\C)CCCCO. The molecule has 0 aromatic heterocycles. The van der Waals surface area contributed by atoms with E-state index in [1.54, 1.807) is 6.08 Å². The van der Waals surface area contributed by atoms with E-state index in [0.717, 1.165) is 37.7 Å². The van der Waals surface area contributed by atoms with Crippen LogP contribution in [0.2, 0.25) is 0 Å². The molecule has 2 N–H and O–H groups in total. The summed E-state index contributed by atoms with van der Waals surface area (Å²) in [6.07, 6.45) is 8.27. The molecule has 0 aliphatic carbocycles. The van der Waals surface area contributed by atoms with Crippen LogP contribution in [0.5, 0.6) is 0 Å². The van der Waals surface area contributed by atoms with Crippen molar-refractivity contribution in [2.45, 2.75) is 46.0 Å². The standard InChI is InChI=1S/C13H24O8P2/c1-12(6-3-4-10-14)7-5-8-13(2)9-11-18-23(17,22-16)21-20-19-15/h7,9,14-15H,3-6,8,10-11H2,1-2H3/b12-7+,13-9+. The van der Waals surface area contributed by atoms with E-state index >= 15 is 0 Å². The van der Waals surface area contributed by atoms with Crippen LogP contribution in [0.3, 0.4) is 0 Å². The second-order valence-corrected chi connectivity index (χ2v) is 8.35. The summed E-state index contributed by atoms with van der Waals surface area (Å²) in [6.45, 7) is 4.10. The van der Waals surface area contributed by atoms with Crippen LogP contribution in [0.4, 0.5) is 0 Å². The van der Waals surface area contributed by atoms with Crippen molar-refractivity contribution < 1.29 is 38.8 Å². The number of hydrogen-bond acceptors (Lipinski definition) is 8. The lowest BCUT2D eigenvalue weighted by Gasteiger charge is -2.07. The Kier molecular flexibility index (Phi) is 13.7. The van der Waals surface area contributed by atoms with E-state index in [0.29, 0.717) is 0 Å². The predicted octanol–water partition coefficient (Wildman–Crippen LogP) is 4.59. The Bertz CT molecular complexity index is 436. The number of unbranched alkanes of at least 4 members (excludes halogenated alkanes) is 1. The van der Waals surface area contributed by atoms with Gasteiger partial charge < -0.3 is 5.11 Å². The first-order valence-corrected chi connectivity index (χ1v) is 10.2. The summed E-state index contributed by atoms with van der Waals surface area (Å²) in [6, 6.07) is 0. The van der Waals surface area contributed by atoms with Gasteiger partial charge >= 0.3 is 7.28 Å². The summed E-state index contributed by atoms with van der Waals surface area (Å²) in [5, 5.41) is 23.3. The Balaban J connectivity index is 4.09. The van der Waals surface area contributed by atoms with Crippen molar-refractivity contribution in [2.75, 3.05) is 13.2 Å². The lowest BCUT2D eigenvalue weighted by atomic mass is 10.1. The molecule has 0 spiro atoms. The van der Waals surface area contributed by atoms with Gasteiger partial charge in [-0.3, -0.25) is 9.09 Å². The van der Waals surface area contributed by atoms with E-state index in [-0.39, 0.29) is 13.2 Å². The first-order valence-electron chi connectivity index (χ1n) is 7.15. The summed E-state index contributed by atoms with van der Waals surface area (Å²) < 4.78 is 31.2. The lowest BCUT2D eigenvalue weighted by molar-refractivity contribution is -0.595. The third-order valence-electron chi connectivity index (χ3n) is 2.94. The molecule has 0 radical (unpaired) electrons. The van der Waals surface area contributed by atoms with Crippen LogP contribution in [0.15, 0.2) is 23.3 Å². The maximum Gasteiger partial charge on any atom is 0.449 e. The van der Waals surface area contributed by atoms with Crippen LogP contribution in [-0.4, -0.2) is 23.6 Å².